The maximum atomic E-state index is 12.1. The third-order valence-electron chi connectivity index (χ3n) is 3.28. The van der Waals surface area contributed by atoms with Gasteiger partial charge in [0.2, 0.25) is 0 Å². The summed E-state index contributed by atoms with van der Waals surface area (Å²) in [5.41, 5.74) is 14.0. The molecular formula is C17H23N5O. The molecule has 1 heterocycles. The molecule has 23 heavy (non-hydrogen) atoms. The largest absolute Gasteiger partial charge is 0.399 e. The van der Waals surface area contributed by atoms with Crippen LogP contribution in [0.25, 0.3) is 11.3 Å². The predicted molar refractivity (Wildman–Crippen MR) is 94.0 cm³/mol. The van der Waals surface area contributed by atoms with Crippen molar-refractivity contribution in [1.29, 1.82) is 0 Å². The van der Waals surface area contributed by atoms with E-state index in [1.165, 1.54) is 0 Å². The molecule has 0 spiro atoms. The number of hydrogen-bond donors (Lipinski definition) is 3. The van der Waals surface area contributed by atoms with E-state index in [9.17, 15) is 4.79 Å². The molecule has 6 heteroatoms. The molecule has 0 unspecified atom stereocenters. The van der Waals surface area contributed by atoms with Crippen LogP contribution in [-0.2, 0) is 5.54 Å². The molecule has 0 saturated carbocycles. The molecule has 0 saturated heterocycles. The van der Waals surface area contributed by atoms with Gasteiger partial charge in [0, 0.05) is 16.9 Å². The van der Waals surface area contributed by atoms with Crippen LogP contribution in [0.3, 0.4) is 0 Å². The Morgan fingerprint density at radius 1 is 1.26 bits per heavy atom. The van der Waals surface area contributed by atoms with Gasteiger partial charge in [-0.05, 0) is 39.8 Å². The Morgan fingerprint density at radius 2 is 1.83 bits per heavy atom. The molecule has 0 aliphatic carbocycles. The Morgan fingerprint density at radius 3 is 2.26 bits per heavy atom. The van der Waals surface area contributed by atoms with Crippen molar-refractivity contribution in [1.82, 2.24) is 9.78 Å². The summed E-state index contributed by atoms with van der Waals surface area (Å²) < 4.78 is 1.76. The number of primary amides is 1. The molecule has 122 valence electrons. The molecule has 0 bridgehead atoms. The number of carbonyl (C=O) groups is 1. The van der Waals surface area contributed by atoms with Gasteiger partial charge < -0.3 is 16.8 Å². The quantitative estimate of drug-likeness (QED) is 0.756. The normalized spacial score (nSPS) is 11.3. The van der Waals surface area contributed by atoms with Crippen LogP contribution in [0.1, 0.15) is 38.1 Å². The Balaban J connectivity index is 2.76. The van der Waals surface area contributed by atoms with Gasteiger partial charge in [0.1, 0.15) is 17.1 Å². The first-order valence-corrected chi connectivity index (χ1v) is 7.33. The van der Waals surface area contributed by atoms with Crippen molar-refractivity contribution < 1.29 is 4.79 Å². The second-order valence-corrected chi connectivity index (χ2v) is 6.55. The van der Waals surface area contributed by atoms with Crippen molar-refractivity contribution in [3.63, 3.8) is 0 Å². The summed E-state index contributed by atoms with van der Waals surface area (Å²) in [5.74, 6) is 0.000370. The van der Waals surface area contributed by atoms with Gasteiger partial charge >= 0.3 is 0 Å². The molecule has 0 aliphatic heterocycles. The number of anilines is 2. The minimum atomic E-state index is -0.545. The van der Waals surface area contributed by atoms with Crippen molar-refractivity contribution in [2.45, 2.75) is 33.2 Å². The fraction of sp³-hybridized carbons (Fsp3) is 0.294. The highest BCUT2D eigenvalue weighted by molar-refractivity contribution is 6.04. The lowest BCUT2D eigenvalue weighted by Crippen LogP contribution is -2.25. The SMILES string of the molecule is C=C(C)Nc1c(C(N)=O)c(-c2ccc(N)cc2)nn1C(C)(C)C. The van der Waals surface area contributed by atoms with E-state index in [2.05, 4.69) is 17.0 Å². The van der Waals surface area contributed by atoms with Gasteiger partial charge in [-0.15, -0.1) is 0 Å². The number of nitrogen functional groups attached to an aromatic ring is 1. The van der Waals surface area contributed by atoms with Crippen LogP contribution < -0.4 is 16.8 Å². The third kappa shape index (κ3) is 3.36. The third-order valence-corrected chi connectivity index (χ3v) is 3.28. The number of allylic oxidation sites excluding steroid dienone is 1. The number of nitrogens with two attached hydrogens (primary N) is 2. The Kier molecular flexibility index (Phi) is 4.18. The van der Waals surface area contributed by atoms with Gasteiger partial charge in [-0.2, -0.15) is 5.10 Å². The second kappa shape index (κ2) is 5.79. The van der Waals surface area contributed by atoms with E-state index in [0.29, 0.717) is 28.5 Å². The zero-order valence-corrected chi connectivity index (χ0v) is 14.0. The molecule has 1 aromatic carbocycles. The number of carbonyl (C=O) groups excluding carboxylic acids is 1. The molecule has 0 fully saturated rings. The molecule has 5 N–H and O–H groups in total. The summed E-state index contributed by atoms with van der Waals surface area (Å²) >= 11 is 0. The van der Waals surface area contributed by atoms with E-state index >= 15 is 0 Å². The zero-order valence-electron chi connectivity index (χ0n) is 14.0. The van der Waals surface area contributed by atoms with Crippen LogP contribution in [0, 0.1) is 0 Å². The fourth-order valence-corrected chi connectivity index (χ4v) is 2.30. The minimum absolute atomic E-state index is 0.339. The Labute approximate surface area is 136 Å². The average molecular weight is 313 g/mol. The molecule has 0 aliphatic rings. The summed E-state index contributed by atoms with van der Waals surface area (Å²) in [6, 6.07) is 7.17. The predicted octanol–water partition coefficient (Wildman–Crippen LogP) is 2.93. The molecule has 2 rings (SSSR count). The van der Waals surface area contributed by atoms with Crippen LogP contribution in [0.4, 0.5) is 11.5 Å². The van der Waals surface area contributed by atoms with Gasteiger partial charge in [0.15, 0.2) is 0 Å². The van der Waals surface area contributed by atoms with Crippen molar-refractivity contribution in [3.05, 3.63) is 42.1 Å². The van der Waals surface area contributed by atoms with Crippen molar-refractivity contribution in [2.75, 3.05) is 11.1 Å². The number of amides is 1. The lowest BCUT2D eigenvalue weighted by Gasteiger charge is -2.23. The van der Waals surface area contributed by atoms with E-state index in [1.807, 2.05) is 39.8 Å². The van der Waals surface area contributed by atoms with E-state index in [0.717, 1.165) is 5.56 Å². The first kappa shape index (κ1) is 16.6. The number of rotatable bonds is 4. The molecule has 2 aromatic rings. The van der Waals surface area contributed by atoms with Crippen molar-refractivity contribution in [2.24, 2.45) is 5.73 Å². The highest BCUT2D eigenvalue weighted by Crippen LogP contribution is 2.33. The van der Waals surface area contributed by atoms with E-state index < -0.39 is 5.91 Å². The monoisotopic (exact) mass is 313 g/mol. The number of nitrogens with zero attached hydrogens (tertiary/aromatic N) is 2. The van der Waals surface area contributed by atoms with Crippen LogP contribution in [-0.4, -0.2) is 15.7 Å². The summed E-state index contributed by atoms with van der Waals surface area (Å²) in [4.78, 5) is 12.1. The summed E-state index contributed by atoms with van der Waals surface area (Å²) in [5, 5.41) is 7.74. The summed E-state index contributed by atoms with van der Waals surface area (Å²) in [6.07, 6.45) is 0. The van der Waals surface area contributed by atoms with E-state index in [1.54, 1.807) is 16.8 Å². The van der Waals surface area contributed by atoms with Gasteiger partial charge in [0.25, 0.3) is 5.91 Å². The molecule has 6 nitrogen and oxygen atoms in total. The van der Waals surface area contributed by atoms with Crippen LogP contribution >= 0.6 is 0 Å². The lowest BCUT2D eigenvalue weighted by molar-refractivity contribution is 0.100. The molecule has 1 amide bonds. The van der Waals surface area contributed by atoms with Gasteiger partial charge in [0.05, 0.1) is 5.54 Å². The Bertz CT molecular complexity index is 751. The zero-order chi connectivity index (χ0) is 17.4. The van der Waals surface area contributed by atoms with E-state index in [-0.39, 0.29) is 5.54 Å². The van der Waals surface area contributed by atoms with Crippen LogP contribution in [0.5, 0.6) is 0 Å². The van der Waals surface area contributed by atoms with Crippen LogP contribution in [0.15, 0.2) is 36.5 Å². The number of aromatic nitrogens is 2. The average Bonchev–Trinajstić information content (AvgIpc) is 2.78. The summed E-state index contributed by atoms with van der Waals surface area (Å²) in [7, 11) is 0. The maximum Gasteiger partial charge on any atom is 0.254 e. The molecular weight excluding hydrogens is 290 g/mol. The molecule has 0 radical (unpaired) electrons. The fourth-order valence-electron chi connectivity index (χ4n) is 2.30. The standard InChI is InChI=1S/C17H23N5O/c1-10(2)20-16-13(15(19)23)14(21-22(16)17(3,4)5)11-6-8-12(18)9-7-11/h6-9,20H,1,18H2,2-5H3,(H2,19,23). The number of hydrogen-bond acceptors (Lipinski definition) is 4. The van der Waals surface area contributed by atoms with E-state index in [4.69, 9.17) is 11.5 Å². The van der Waals surface area contributed by atoms with Crippen molar-refractivity contribution >= 4 is 17.4 Å². The highest BCUT2D eigenvalue weighted by Gasteiger charge is 2.28. The first-order valence-electron chi connectivity index (χ1n) is 7.33. The topological polar surface area (TPSA) is 99.0 Å². The maximum absolute atomic E-state index is 12.1. The first-order chi connectivity index (χ1) is 10.6. The number of nitrogens with one attached hydrogen (secondary N) is 1. The molecule has 0 atom stereocenters. The van der Waals surface area contributed by atoms with Crippen LogP contribution in [0.2, 0.25) is 0 Å². The summed E-state index contributed by atoms with van der Waals surface area (Å²) in [6.45, 7) is 11.7. The van der Waals surface area contributed by atoms with Gasteiger partial charge in [-0.1, -0.05) is 18.7 Å². The Hall–Kier alpha value is -2.76. The van der Waals surface area contributed by atoms with Gasteiger partial charge in [-0.25, -0.2) is 4.68 Å². The van der Waals surface area contributed by atoms with Gasteiger partial charge in [-0.3, -0.25) is 4.79 Å². The number of benzene rings is 1. The van der Waals surface area contributed by atoms with Crippen molar-refractivity contribution in [3.8, 4) is 11.3 Å². The second-order valence-electron chi connectivity index (χ2n) is 6.55. The highest BCUT2D eigenvalue weighted by atomic mass is 16.1. The smallest absolute Gasteiger partial charge is 0.254 e. The minimum Gasteiger partial charge on any atom is -0.399 e. The lowest BCUT2D eigenvalue weighted by atomic mass is 10.1. The molecule has 1 aromatic heterocycles.